The molecule has 3 rings (SSSR count). The third-order valence-electron chi connectivity index (χ3n) is 4.64. The van der Waals surface area contributed by atoms with E-state index in [1.54, 1.807) is 11.1 Å². The van der Waals surface area contributed by atoms with Gasteiger partial charge >= 0.3 is 0 Å². The molecule has 0 unspecified atom stereocenters. The molecule has 0 fully saturated rings. The lowest BCUT2D eigenvalue weighted by molar-refractivity contribution is 0.0779. The minimum absolute atomic E-state index is 0.0819. The fourth-order valence-corrected chi connectivity index (χ4v) is 3.51. The van der Waals surface area contributed by atoms with Crippen LogP contribution in [0, 0.1) is 12.8 Å². The SMILES string of the molecule is Cc1cccc(-c2nc(NCc3cccc(Cl)c3)ncc2C(=O)N(C)CC(C)C)c1. The number of anilines is 1. The van der Waals surface area contributed by atoms with Gasteiger partial charge in [0, 0.05) is 36.9 Å². The summed E-state index contributed by atoms with van der Waals surface area (Å²) in [7, 11) is 1.81. The van der Waals surface area contributed by atoms with Crippen molar-refractivity contribution in [1.29, 1.82) is 0 Å². The highest BCUT2D eigenvalue weighted by Crippen LogP contribution is 2.25. The van der Waals surface area contributed by atoms with E-state index in [4.69, 9.17) is 16.6 Å². The van der Waals surface area contributed by atoms with Gasteiger partial charge in [0.15, 0.2) is 0 Å². The zero-order valence-electron chi connectivity index (χ0n) is 17.8. The Morgan fingerprint density at radius 1 is 1.17 bits per heavy atom. The molecule has 1 heterocycles. The number of benzene rings is 2. The minimum atomic E-state index is -0.0819. The first-order chi connectivity index (χ1) is 14.3. The standard InChI is InChI=1S/C24H27ClN4O/c1-16(2)15-29(4)23(30)21-14-27-24(26-13-18-8-6-10-20(25)12-18)28-22(21)19-9-5-7-17(3)11-19/h5-12,14,16H,13,15H2,1-4H3,(H,26,27,28). The average Bonchev–Trinajstić information content (AvgIpc) is 2.71. The Balaban J connectivity index is 1.93. The highest BCUT2D eigenvalue weighted by atomic mass is 35.5. The van der Waals surface area contributed by atoms with Gasteiger partial charge in [-0.2, -0.15) is 0 Å². The van der Waals surface area contributed by atoms with Crippen LogP contribution in [0.5, 0.6) is 0 Å². The molecule has 5 nitrogen and oxygen atoms in total. The number of rotatable bonds is 7. The predicted octanol–water partition coefficient (Wildman–Crippen LogP) is 5.45. The Kier molecular flexibility index (Phi) is 7.06. The van der Waals surface area contributed by atoms with Crippen molar-refractivity contribution in [1.82, 2.24) is 14.9 Å². The van der Waals surface area contributed by atoms with E-state index < -0.39 is 0 Å². The number of nitrogens with zero attached hydrogens (tertiary/aromatic N) is 3. The first kappa shape index (κ1) is 21.8. The third-order valence-corrected chi connectivity index (χ3v) is 4.87. The molecule has 0 atom stereocenters. The summed E-state index contributed by atoms with van der Waals surface area (Å²) in [5.41, 5.74) is 4.15. The molecule has 0 bridgehead atoms. The van der Waals surface area contributed by atoms with E-state index in [1.165, 1.54) is 0 Å². The van der Waals surface area contributed by atoms with E-state index in [0.717, 1.165) is 16.7 Å². The monoisotopic (exact) mass is 422 g/mol. The molecule has 1 aromatic heterocycles. The zero-order chi connectivity index (χ0) is 21.7. The van der Waals surface area contributed by atoms with Crippen LogP contribution in [-0.2, 0) is 6.54 Å². The quantitative estimate of drug-likeness (QED) is 0.550. The highest BCUT2D eigenvalue weighted by Gasteiger charge is 2.20. The molecule has 1 N–H and O–H groups in total. The van der Waals surface area contributed by atoms with Crippen LogP contribution in [0.2, 0.25) is 5.02 Å². The maximum atomic E-state index is 13.1. The minimum Gasteiger partial charge on any atom is -0.350 e. The van der Waals surface area contributed by atoms with Crippen LogP contribution in [0.15, 0.2) is 54.7 Å². The van der Waals surface area contributed by atoms with E-state index in [-0.39, 0.29) is 5.91 Å². The lowest BCUT2D eigenvalue weighted by Crippen LogP contribution is -2.31. The maximum Gasteiger partial charge on any atom is 0.257 e. The fourth-order valence-electron chi connectivity index (χ4n) is 3.30. The summed E-state index contributed by atoms with van der Waals surface area (Å²) in [5.74, 6) is 0.761. The number of hydrogen-bond acceptors (Lipinski definition) is 4. The molecule has 3 aromatic rings. The van der Waals surface area contributed by atoms with E-state index in [0.29, 0.717) is 41.2 Å². The van der Waals surface area contributed by atoms with Crippen molar-refractivity contribution in [2.75, 3.05) is 18.9 Å². The van der Waals surface area contributed by atoms with Gasteiger partial charge in [0.2, 0.25) is 5.95 Å². The predicted molar refractivity (Wildman–Crippen MR) is 123 cm³/mol. The number of aryl methyl sites for hydroxylation is 1. The maximum absolute atomic E-state index is 13.1. The Hall–Kier alpha value is -2.92. The van der Waals surface area contributed by atoms with E-state index in [9.17, 15) is 4.79 Å². The molecule has 0 saturated heterocycles. The normalized spacial score (nSPS) is 10.9. The summed E-state index contributed by atoms with van der Waals surface area (Å²) in [4.78, 5) is 23.9. The van der Waals surface area contributed by atoms with Gasteiger partial charge in [-0.15, -0.1) is 0 Å². The van der Waals surface area contributed by atoms with Gasteiger partial charge in [0.1, 0.15) is 0 Å². The number of nitrogens with one attached hydrogen (secondary N) is 1. The van der Waals surface area contributed by atoms with Crippen LogP contribution in [0.25, 0.3) is 11.3 Å². The largest absolute Gasteiger partial charge is 0.350 e. The van der Waals surface area contributed by atoms with Crippen molar-refractivity contribution in [3.8, 4) is 11.3 Å². The van der Waals surface area contributed by atoms with Crippen LogP contribution in [-0.4, -0.2) is 34.4 Å². The van der Waals surface area contributed by atoms with Gasteiger partial charge in [-0.3, -0.25) is 4.79 Å². The summed E-state index contributed by atoms with van der Waals surface area (Å²) in [6.07, 6.45) is 1.62. The molecule has 1 amide bonds. The van der Waals surface area contributed by atoms with E-state index >= 15 is 0 Å². The van der Waals surface area contributed by atoms with Crippen LogP contribution in [0.1, 0.15) is 35.3 Å². The van der Waals surface area contributed by atoms with Crippen LogP contribution < -0.4 is 5.32 Å². The zero-order valence-corrected chi connectivity index (χ0v) is 18.6. The van der Waals surface area contributed by atoms with Gasteiger partial charge < -0.3 is 10.2 Å². The van der Waals surface area contributed by atoms with E-state index in [2.05, 4.69) is 24.1 Å². The van der Waals surface area contributed by atoms with Crippen molar-refractivity contribution >= 4 is 23.5 Å². The molecule has 0 saturated carbocycles. The molecular weight excluding hydrogens is 396 g/mol. The van der Waals surface area contributed by atoms with Gasteiger partial charge in [-0.25, -0.2) is 9.97 Å². The smallest absolute Gasteiger partial charge is 0.257 e. The van der Waals surface area contributed by atoms with Gasteiger partial charge in [0.05, 0.1) is 11.3 Å². The second kappa shape index (κ2) is 9.72. The van der Waals surface area contributed by atoms with Gasteiger partial charge in [-0.1, -0.05) is 61.3 Å². The molecule has 2 aromatic carbocycles. The second-order valence-electron chi connectivity index (χ2n) is 7.89. The summed E-state index contributed by atoms with van der Waals surface area (Å²) in [6.45, 7) is 7.40. The summed E-state index contributed by atoms with van der Waals surface area (Å²) in [6, 6.07) is 15.6. The molecule has 0 aliphatic heterocycles. The van der Waals surface area contributed by atoms with Crippen LogP contribution in [0.3, 0.4) is 0 Å². The lowest BCUT2D eigenvalue weighted by atomic mass is 10.0. The van der Waals surface area contributed by atoms with Crippen molar-refractivity contribution in [3.05, 3.63) is 76.4 Å². The van der Waals surface area contributed by atoms with Crippen LogP contribution >= 0.6 is 11.6 Å². The van der Waals surface area contributed by atoms with E-state index in [1.807, 2.05) is 62.5 Å². The topological polar surface area (TPSA) is 58.1 Å². The fraction of sp³-hybridized carbons (Fsp3) is 0.292. The Morgan fingerprint density at radius 2 is 1.93 bits per heavy atom. The van der Waals surface area contributed by atoms with Gasteiger partial charge in [-0.05, 0) is 36.6 Å². The van der Waals surface area contributed by atoms with Crippen LogP contribution in [0.4, 0.5) is 5.95 Å². The molecular formula is C24H27ClN4O. The Morgan fingerprint density at radius 3 is 2.63 bits per heavy atom. The number of carbonyl (C=O) groups excluding carboxylic acids is 1. The number of hydrogen-bond donors (Lipinski definition) is 1. The van der Waals surface area contributed by atoms with Crippen molar-refractivity contribution < 1.29 is 4.79 Å². The third kappa shape index (κ3) is 5.57. The Labute approximate surface area is 183 Å². The summed E-state index contributed by atoms with van der Waals surface area (Å²) in [5, 5.41) is 3.92. The summed E-state index contributed by atoms with van der Waals surface area (Å²) >= 11 is 6.07. The summed E-state index contributed by atoms with van der Waals surface area (Å²) < 4.78 is 0. The number of carbonyl (C=O) groups is 1. The molecule has 156 valence electrons. The molecule has 30 heavy (non-hydrogen) atoms. The molecule has 0 aliphatic carbocycles. The first-order valence-electron chi connectivity index (χ1n) is 10.0. The second-order valence-corrected chi connectivity index (χ2v) is 8.32. The van der Waals surface area contributed by atoms with Gasteiger partial charge in [0.25, 0.3) is 5.91 Å². The molecule has 0 aliphatic rings. The first-order valence-corrected chi connectivity index (χ1v) is 10.4. The van der Waals surface area contributed by atoms with Crippen molar-refractivity contribution in [2.24, 2.45) is 5.92 Å². The molecule has 0 spiro atoms. The molecule has 0 radical (unpaired) electrons. The molecule has 6 heteroatoms. The number of halogens is 1. The van der Waals surface area contributed by atoms with Crippen molar-refractivity contribution in [2.45, 2.75) is 27.3 Å². The highest BCUT2D eigenvalue weighted by molar-refractivity contribution is 6.30. The lowest BCUT2D eigenvalue weighted by Gasteiger charge is -2.21. The Bertz CT molecular complexity index is 1040. The number of amides is 1. The van der Waals surface area contributed by atoms with Crippen molar-refractivity contribution in [3.63, 3.8) is 0 Å². The number of aromatic nitrogens is 2. The average molecular weight is 423 g/mol.